The van der Waals surface area contributed by atoms with E-state index in [2.05, 4.69) is 20.4 Å². The highest BCUT2D eigenvalue weighted by molar-refractivity contribution is 6.40. The molecule has 0 radical (unpaired) electrons. The normalized spacial score (nSPS) is 10.7. The molecule has 10 heteroatoms. The van der Waals surface area contributed by atoms with Gasteiger partial charge in [-0.1, -0.05) is 23.2 Å². The maximum atomic E-state index is 12.1. The molecular formula is C17H12Cl2F2N4O2. The number of nitrogens with one attached hydrogen (secondary N) is 2. The quantitative estimate of drug-likeness (QED) is 0.587. The van der Waals surface area contributed by atoms with Crippen molar-refractivity contribution in [3.63, 3.8) is 0 Å². The van der Waals surface area contributed by atoms with Crippen LogP contribution in [-0.4, -0.2) is 22.2 Å². The van der Waals surface area contributed by atoms with Crippen LogP contribution < -0.4 is 15.4 Å². The van der Waals surface area contributed by atoms with Crippen LogP contribution >= 0.6 is 23.2 Å². The molecule has 2 aromatic carbocycles. The average Bonchev–Trinajstić information content (AvgIpc) is 2.96. The predicted molar refractivity (Wildman–Crippen MR) is 99.3 cm³/mol. The second-order valence-corrected chi connectivity index (χ2v) is 5.94. The number of benzene rings is 2. The van der Waals surface area contributed by atoms with Gasteiger partial charge >= 0.3 is 12.6 Å². The van der Waals surface area contributed by atoms with E-state index in [9.17, 15) is 13.6 Å². The minimum absolute atomic E-state index is 0.00446. The molecule has 6 nitrogen and oxygen atoms in total. The molecule has 27 heavy (non-hydrogen) atoms. The van der Waals surface area contributed by atoms with Crippen molar-refractivity contribution in [3.05, 3.63) is 65.2 Å². The zero-order valence-corrected chi connectivity index (χ0v) is 15.0. The molecule has 3 rings (SSSR count). The van der Waals surface area contributed by atoms with Gasteiger partial charge in [-0.05, 0) is 48.5 Å². The van der Waals surface area contributed by atoms with Gasteiger partial charge < -0.3 is 15.4 Å². The third kappa shape index (κ3) is 4.87. The molecule has 0 atom stereocenters. The van der Waals surface area contributed by atoms with Crippen LogP contribution in [0.25, 0.3) is 5.69 Å². The SMILES string of the molecule is O=C(Nc1ccc(OC(F)F)cc1)Nc1ccc(-n2cnc(Cl)c2Cl)cc1. The second kappa shape index (κ2) is 8.24. The fraction of sp³-hybridized carbons (Fsp3) is 0.0588. The molecule has 1 aromatic heterocycles. The van der Waals surface area contributed by atoms with Crippen LogP contribution in [0.15, 0.2) is 54.9 Å². The molecule has 2 amide bonds. The zero-order chi connectivity index (χ0) is 19.4. The molecular weight excluding hydrogens is 401 g/mol. The fourth-order valence-corrected chi connectivity index (χ4v) is 2.54. The summed E-state index contributed by atoms with van der Waals surface area (Å²) in [5.41, 5.74) is 1.68. The monoisotopic (exact) mass is 412 g/mol. The van der Waals surface area contributed by atoms with Crippen LogP contribution in [0.3, 0.4) is 0 Å². The van der Waals surface area contributed by atoms with E-state index < -0.39 is 12.6 Å². The van der Waals surface area contributed by atoms with Crippen LogP contribution in [0.1, 0.15) is 0 Å². The van der Waals surface area contributed by atoms with Crippen LogP contribution in [0.5, 0.6) is 5.75 Å². The number of hydrogen-bond acceptors (Lipinski definition) is 3. The number of aromatic nitrogens is 2. The summed E-state index contributed by atoms with van der Waals surface area (Å²) in [5.74, 6) is 0.00446. The van der Waals surface area contributed by atoms with Crippen molar-refractivity contribution < 1.29 is 18.3 Å². The topological polar surface area (TPSA) is 68.2 Å². The second-order valence-electron chi connectivity index (χ2n) is 5.23. The molecule has 0 fully saturated rings. The predicted octanol–water partition coefficient (Wildman–Crippen LogP) is 5.42. The number of carbonyl (C=O) groups excluding carboxylic acids is 1. The van der Waals surface area contributed by atoms with Crippen LogP contribution in [0, 0.1) is 0 Å². The van der Waals surface area contributed by atoms with E-state index in [1.807, 2.05) is 0 Å². The lowest BCUT2D eigenvalue weighted by molar-refractivity contribution is -0.0498. The summed E-state index contributed by atoms with van der Waals surface area (Å²) in [5, 5.41) is 5.72. The van der Waals surface area contributed by atoms with Gasteiger partial charge in [0, 0.05) is 17.1 Å². The molecule has 0 bridgehead atoms. The number of rotatable bonds is 5. The Balaban J connectivity index is 1.60. The minimum Gasteiger partial charge on any atom is -0.435 e. The van der Waals surface area contributed by atoms with Crippen LogP contribution in [0.4, 0.5) is 25.0 Å². The van der Waals surface area contributed by atoms with E-state index in [4.69, 9.17) is 23.2 Å². The van der Waals surface area contributed by atoms with Gasteiger partial charge in [-0.15, -0.1) is 0 Å². The first kappa shape index (κ1) is 18.9. The van der Waals surface area contributed by atoms with E-state index >= 15 is 0 Å². The Hall–Kier alpha value is -2.84. The maximum Gasteiger partial charge on any atom is 0.387 e. The van der Waals surface area contributed by atoms with Gasteiger partial charge in [-0.3, -0.25) is 4.57 Å². The maximum absolute atomic E-state index is 12.1. The number of carbonyl (C=O) groups is 1. The van der Waals surface area contributed by atoms with E-state index in [0.29, 0.717) is 11.4 Å². The number of amides is 2. The Labute approximate surface area is 162 Å². The van der Waals surface area contributed by atoms with Crippen molar-refractivity contribution in [2.75, 3.05) is 10.6 Å². The van der Waals surface area contributed by atoms with E-state index in [1.54, 1.807) is 28.8 Å². The Morgan fingerprint density at radius 1 is 1.00 bits per heavy atom. The smallest absolute Gasteiger partial charge is 0.387 e. The fourth-order valence-electron chi connectivity index (χ4n) is 2.21. The average molecular weight is 413 g/mol. The first-order valence-electron chi connectivity index (χ1n) is 7.54. The zero-order valence-electron chi connectivity index (χ0n) is 13.5. The first-order chi connectivity index (χ1) is 12.9. The van der Waals surface area contributed by atoms with Crippen molar-refractivity contribution in [2.24, 2.45) is 0 Å². The highest BCUT2D eigenvalue weighted by atomic mass is 35.5. The number of anilines is 2. The third-order valence-corrected chi connectivity index (χ3v) is 4.14. The van der Waals surface area contributed by atoms with Crippen LogP contribution in [0.2, 0.25) is 10.3 Å². The summed E-state index contributed by atoms with van der Waals surface area (Å²) < 4.78 is 30.1. The summed E-state index contributed by atoms with van der Waals surface area (Å²) in [6.45, 7) is -2.90. The van der Waals surface area contributed by atoms with Gasteiger partial charge in [0.25, 0.3) is 0 Å². The number of imidazole rings is 1. The number of halogens is 4. The van der Waals surface area contributed by atoms with E-state index in [-0.39, 0.29) is 16.1 Å². The van der Waals surface area contributed by atoms with Gasteiger partial charge in [-0.2, -0.15) is 8.78 Å². The lowest BCUT2D eigenvalue weighted by atomic mass is 10.3. The van der Waals surface area contributed by atoms with Gasteiger partial charge in [0.1, 0.15) is 12.1 Å². The third-order valence-electron chi connectivity index (χ3n) is 3.41. The number of urea groups is 1. The van der Waals surface area contributed by atoms with E-state index in [1.165, 1.54) is 30.6 Å². The molecule has 0 aliphatic carbocycles. The lowest BCUT2D eigenvalue weighted by Gasteiger charge is -2.10. The lowest BCUT2D eigenvalue weighted by Crippen LogP contribution is -2.19. The van der Waals surface area contributed by atoms with Gasteiger partial charge in [0.05, 0.1) is 0 Å². The summed E-state index contributed by atoms with van der Waals surface area (Å²) >= 11 is 11.9. The molecule has 0 saturated heterocycles. The van der Waals surface area contributed by atoms with Gasteiger partial charge in [0.15, 0.2) is 10.3 Å². The number of ether oxygens (including phenoxy) is 1. The number of nitrogens with zero attached hydrogens (tertiary/aromatic N) is 2. The van der Waals surface area contributed by atoms with Crippen molar-refractivity contribution in [2.45, 2.75) is 6.61 Å². The Morgan fingerprint density at radius 2 is 1.56 bits per heavy atom. The highest BCUT2D eigenvalue weighted by Gasteiger charge is 2.09. The minimum atomic E-state index is -2.90. The first-order valence-corrected chi connectivity index (χ1v) is 8.29. The molecule has 0 unspecified atom stereocenters. The molecule has 0 spiro atoms. The van der Waals surface area contributed by atoms with Crippen molar-refractivity contribution in [1.29, 1.82) is 0 Å². The molecule has 0 saturated carbocycles. The molecule has 0 aliphatic heterocycles. The van der Waals surface area contributed by atoms with Crippen molar-refractivity contribution >= 4 is 40.6 Å². The van der Waals surface area contributed by atoms with Crippen LogP contribution in [-0.2, 0) is 0 Å². The highest BCUT2D eigenvalue weighted by Crippen LogP contribution is 2.24. The van der Waals surface area contributed by atoms with Gasteiger partial charge in [-0.25, -0.2) is 9.78 Å². The summed E-state index contributed by atoms with van der Waals surface area (Å²) in [6, 6.07) is 11.9. The molecule has 2 N–H and O–H groups in total. The summed E-state index contributed by atoms with van der Waals surface area (Å²) in [4.78, 5) is 15.9. The summed E-state index contributed by atoms with van der Waals surface area (Å²) in [6.07, 6.45) is 1.49. The summed E-state index contributed by atoms with van der Waals surface area (Å²) in [7, 11) is 0. The number of hydrogen-bond donors (Lipinski definition) is 2. The Morgan fingerprint density at radius 3 is 2.04 bits per heavy atom. The molecule has 3 aromatic rings. The van der Waals surface area contributed by atoms with E-state index in [0.717, 1.165) is 5.69 Å². The Kier molecular flexibility index (Phi) is 5.78. The number of alkyl halides is 2. The Bertz CT molecular complexity index is 931. The van der Waals surface area contributed by atoms with Crippen molar-refractivity contribution in [3.8, 4) is 11.4 Å². The standard InChI is InChI=1S/C17H12Cl2F2N4O2/c18-14-15(19)25(9-22-14)12-5-1-10(2-6-12)23-17(26)24-11-3-7-13(8-4-11)27-16(20)21/h1-9,16H,(H2,23,24,26). The van der Waals surface area contributed by atoms with Gasteiger partial charge in [0.2, 0.25) is 0 Å². The molecule has 140 valence electrons. The molecule has 0 aliphatic rings. The largest absolute Gasteiger partial charge is 0.435 e. The van der Waals surface area contributed by atoms with Crippen molar-refractivity contribution in [1.82, 2.24) is 9.55 Å². The molecule has 1 heterocycles.